The molecule has 37 heavy (non-hydrogen) atoms. The van der Waals surface area contributed by atoms with Crippen LogP contribution in [-0.2, 0) is 32.2 Å². The number of hydrogen-bond donors (Lipinski definition) is 0. The molecule has 0 bridgehead atoms. The lowest BCUT2D eigenvalue weighted by Crippen LogP contribution is -2.41. The van der Waals surface area contributed by atoms with Crippen LogP contribution in [0.1, 0.15) is 28.4 Å². The first-order valence-electron chi connectivity index (χ1n) is 12.2. The van der Waals surface area contributed by atoms with Gasteiger partial charge in [-0.15, -0.1) is 0 Å². The van der Waals surface area contributed by atoms with Gasteiger partial charge in [-0.25, -0.2) is 4.79 Å². The Morgan fingerprint density at radius 1 is 0.784 bits per heavy atom. The third-order valence-corrected chi connectivity index (χ3v) is 5.46. The Morgan fingerprint density at radius 3 is 2.00 bits per heavy atom. The number of nitrogens with zero attached hydrogens (tertiary/aromatic N) is 1. The predicted molar refractivity (Wildman–Crippen MR) is 143 cm³/mol. The number of ether oxygens (including phenoxy) is 2. The lowest BCUT2D eigenvalue weighted by Gasteiger charge is -2.29. The fourth-order valence-electron chi connectivity index (χ4n) is 3.58. The van der Waals surface area contributed by atoms with Crippen LogP contribution in [0.3, 0.4) is 0 Å². The summed E-state index contributed by atoms with van der Waals surface area (Å²) in [6, 6.07) is 27.4. The van der Waals surface area contributed by atoms with Crippen LogP contribution in [-0.4, -0.2) is 41.8 Å². The molecule has 0 heterocycles. The van der Waals surface area contributed by atoms with Gasteiger partial charge < -0.3 is 14.4 Å². The van der Waals surface area contributed by atoms with E-state index < -0.39 is 12.0 Å². The van der Waals surface area contributed by atoms with Gasteiger partial charge in [0.05, 0.1) is 25.9 Å². The molecule has 6 nitrogen and oxygen atoms in total. The van der Waals surface area contributed by atoms with E-state index in [1.807, 2.05) is 66.7 Å². The van der Waals surface area contributed by atoms with Crippen LogP contribution >= 0.6 is 0 Å². The zero-order chi connectivity index (χ0) is 26.3. The fourth-order valence-corrected chi connectivity index (χ4v) is 3.58. The van der Waals surface area contributed by atoms with E-state index in [-0.39, 0.29) is 31.4 Å². The Labute approximate surface area is 217 Å². The normalized spacial score (nSPS) is 11.9. The molecule has 3 aromatic carbocycles. The Balaban J connectivity index is 1.84. The van der Waals surface area contributed by atoms with Gasteiger partial charge in [-0.3, -0.25) is 9.59 Å². The Hall–Kier alpha value is -4.29. The minimum Gasteiger partial charge on any atom is -0.463 e. The van der Waals surface area contributed by atoms with E-state index in [2.05, 4.69) is 0 Å². The highest BCUT2D eigenvalue weighted by molar-refractivity contribution is 6.07. The van der Waals surface area contributed by atoms with Gasteiger partial charge in [0.2, 0.25) is 5.91 Å². The van der Waals surface area contributed by atoms with Gasteiger partial charge >= 0.3 is 5.97 Å². The highest BCUT2D eigenvalue weighted by Crippen LogP contribution is 2.14. The fraction of sp³-hybridized carbons (Fsp3) is 0.194. The molecule has 6 heteroatoms. The maximum atomic E-state index is 13.4. The summed E-state index contributed by atoms with van der Waals surface area (Å²) in [5.74, 6) is -1.15. The first-order valence-corrected chi connectivity index (χ1v) is 12.2. The molecule has 0 N–H and O–H groups in total. The zero-order valence-corrected chi connectivity index (χ0v) is 20.9. The van der Waals surface area contributed by atoms with Crippen LogP contribution in [0.15, 0.2) is 115 Å². The van der Waals surface area contributed by atoms with Gasteiger partial charge in [0.25, 0.3) is 0 Å². The summed E-state index contributed by atoms with van der Waals surface area (Å²) in [5, 5.41) is 0. The molecule has 0 radical (unpaired) electrons. The van der Waals surface area contributed by atoms with Crippen molar-refractivity contribution in [1.29, 1.82) is 0 Å². The minimum atomic E-state index is -0.586. The second-order valence-corrected chi connectivity index (χ2v) is 8.19. The molecule has 3 aromatic rings. The first-order chi connectivity index (χ1) is 18.1. The average molecular weight is 498 g/mol. The maximum absolute atomic E-state index is 13.4. The van der Waals surface area contributed by atoms with E-state index in [0.29, 0.717) is 12.2 Å². The Kier molecular flexibility index (Phi) is 11.0. The summed E-state index contributed by atoms with van der Waals surface area (Å²) < 4.78 is 11.0. The number of allylic oxidation sites excluding steroid dienone is 1. The monoisotopic (exact) mass is 497 g/mol. The van der Waals surface area contributed by atoms with E-state index in [1.54, 1.807) is 42.2 Å². The van der Waals surface area contributed by atoms with Crippen molar-refractivity contribution < 1.29 is 23.9 Å². The maximum Gasteiger partial charge on any atom is 0.330 e. The summed E-state index contributed by atoms with van der Waals surface area (Å²) in [5.41, 5.74) is 2.38. The van der Waals surface area contributed by atoms with Crippen molar-refractivity contribution in [3.63, 3.8) is 0 Å². The highest BCUT2D eigenvalue weighted by atomic mass is 16.5. The van der Waals surface area contributed by atoms with E-state index in [0.717, 1.165) is 11.1 Å². The molecule has 0 saturated heterocycles. The van der Waals surface area contributed by atoms with E-state index in [9.17, 15) is 14.4 Å². The molecule has 0 saturated carbocycles. The summed E-state index contributed by atoms with van der Waals surface area (Å²) >= 11 is 0. The van der Waals surface area contributed by atoms with Crippen LogP contribution in [0.5, 0.6) is 0 Å². The quantitative estimate of drug-likeness (QED) is 0.185. The highest BCUT2D eigenvalue weighted by Gasteiger charge is 2.22. The summed E-state index contributed by atoms with van der Waals surface area (Å²) in [4.78, 5) is 39.6. The third kappa shape index (κ3) is 9.35. The number of carbonyl (C=O) groups is 3. The standard InChI is InChI=1S/C31H31NO5/c1-2-37-31(35)21-18-28(24-36-23-26-14-8-4-9-15-26)32(22-25-12-6-3-7-13-25)30(34)20-19-29(33)27-16-10-5-11-17-27/h3-21,28H,2,22-24H2,1H3/b20-19+,21-18+/t28-/m1/s1. The molecule has 0 unspecified atom stereocenters. The predicted octanol–water partition coefficient (Wildman–Crippen LogP) is 5.16. The van der Waals surface area contributed by atoms with E-state index in [4.69, 9.17) is 9.47 Å². The van der Waals surface area contributed by atoms with Crippen molar-refractivity contribution in [3.05, 3.63) is 132 Å². The topological polar surface area (TPSA) is 72.9 Å². The van der Waals surface area contributed by atoms with Crippen LogP contribution in [0.2, 0.25) is 0 Å². The molecule has 0 aliphatic rings. The zero-order valence-electron chi connectivity index (χ0n) is 20.9. The van der Waals surface area contributed by atoms with Gasteiger partial charge in [-0.1, -0.05) is 97.1 Å². The number of rotatable bonds is 13. The van der Waals surface area contributed by atoms with Gasteiger partial charge in [-0.2, -0.15) is 0 Å². The first kappa shape index (κ1) is 27.3. The number of benzene rings is 3. The molecule has 0 spiro atoms. The number of hydrogen-bond acceptors (Lipinski definition) is 5. The summed E-state index contributed by atoms with van der Waals surface area (Å²) in [6.45, 7) is 2.72. The molecule has 0 aliphatic carbocycles. The lowest BCUT2D eigenvalue weighted by atomic mass is 10.1. The Morgan fingerprint density at radius 2 is 1.38 bits per heavy atom. The molecule has 0 aromatic heterocycles. The summed E-state index contributed by atoms with van der Waals surface area (Å²) in [6.07, 6.45) is 5.45. The third-order valence-electron chi connectivity index (χ3n) is 5.46. The van der Waals surface area contributed by atoms with Crippen molar-refractivity contribution in [3.8, 4) is 0 Å². The second-order valence-electron chi connectivity index (χ2n) is 8.19. The molecule has 1 amide bonds. The van der Waals surface area contributed by atoms with Crippen LogP contribution < -0.4 is 0 Å². The van der Waals surface area contributed by atoms with Gasteiger partial charge in [0.1, 0.15) is 0 Å². The van der Waals surface area contributed by atoms with Gasteiger partial charge in [-0.05, 0) is 24.1 Å². The van der Waals surface area contributed by atoms with Crippen molar-refractivity contribution >= 4 is 17.7 Å². The van der Waals surface area contributed by atoms with Crippen molar-refractivity contribution in [2.45, 2.75) is 26.1 Å². The average Bonchev–Trinajstić information content (AvgIpc) is 2.94. The smallest absolute Gasteiger partial charge is 0.330 e. The largest absolute Gasteiger partial charge is 0.463 e. The molecule has 3 rings (SSSR count). The second kappa shape index (κ2) is 15.0. The van der Waals surface area contributed by atoms with E-state index >= 15 is 0 Å². The molecule has 0 fully saturated rings. The SMILES string of the molecule is CCOC(=O)/C=C/[C@H](COCc1ccccc1)N(Cc1ccccc1)C(=O)/C=C/C(=O)c1ccccc1. The summed E-state index contributed by atoms with van der Waals surface area (Å²) in [7, 11) is 0. The van der Waals surface area contributed by atoms with Crippen LogP contribution in [0, 0.1) is 0 Å². The van der Waals surface area contributed by atoms with Crippen molar-refractivity contribution in [2.75, 3.05) is 13.2 Å². The van der Waals surface area contributed by atoms with Crippen LogP contribution in [0.4, 0.5) is 0 Å². The molecule has 1 atom stereocenters. The van der Waals surface area contributed by atoms with Crippen molar-refractivity contribution in [2.24, 2.45) is 0 Å². The molecular weight excluding hydrogens is 466 g/mol. The van der Waals surface area contributed by atoms with Gasteiger partial charge in [0, 0.05) is 24.3 Å². The number of carbonyl (C=O) groups excluding carboxylic acids is 3. The minimum absolute atomic E-state index is 0.143. The number of esters is 1. The molecular formula is C31H31NO5. The van der Waals surface area contributed by atoms with Gasteiger partial charge in [0.15, 0.2) is 5.78 Å². The van der Waals surface area contributed by atoms with E-state index in [1.165, 1.54) is 18.2 Å². The molecule has 0 aliphatic heterocycles. The lowest BCUT2D eigenvalue weighted by molar-refractivity contribution is -0.137. The van der Waals surface area contributed by atoms with Crippen molar-refractivity contribution in [1.82, 2.24) is 4.90 Å². The Bertz CT molecular complexity index is 1190. The number of ketones is 1. The molecule has 190 valence electrons. The van der Waals surface area contributed by atoms with Crippen LogP contribution in [0.25, 0.3) is 0 Å². The number of amides is 1.